The normalized spacial score (nSPS) is 27.6. The smallest absolute Gasteiger partial charge is 0.335 e. The van der Waals surface area contributed by atoms with Crippen molar-refractivity contribution in [2.75, 3.05) is 11.4 Å². The lowest BCUT2D eigenvalue weighted by atomic mass is 10.0. The Labute approximate surface area is 103 Å². The van der Waals surface area contributed by atoms with Crippen LogP contribution in [0, 0.1) is 0 Å². The summed E-state index contributed by atoms with van der Waals surface area (Å²) < 4.78 is 0. The number of carbonyl (C=O) groups excluding carboxylic acids is 1. The largest absolute Gasteiger partial charge is 0.478 e. The molecule has 3 N–H and O–H groups in total. The number of anilines is 1. The number of carboxylic acids is 1. The first kappa shape index (κ1) is 12.5. The summed E-state index contributed by atoms with van der Waals surface area (Å²) in [4.78, 5) is 23.8. The van der Waals surface area contributed by atoms with Gasteiger partial charge in [-0.15, -0.1) is 0 Å². The van der Waals surface area contributed by atoms with E-state index in [4.69, 9.17) is 5.11 Å². The van der Waals surface area contributed by atoms with Gasteiger partial charge in [0, 0.05) is 5.69 Å². The van der Waals surface area contributed by atoms with Crippen LogP contribution in [0.15, 0.2) is 24.3 Å². The van der Waals surface area contributed by atoms with Crippen LogP contribution in [-0.4, -0.2) is 45.4 Å². The van der Waals surface area contributed by atoms with Crippen molar-refractivity contribution in [3.8, 4) is 0 Å². The Balaban J connectivity index is 2.36. The molecule has 0 unspecified atom stereocenters. The van der Waals surface area contributed by atoms with Crippen LogP contribution in [0.4, 0.5) is 5.69 Å². The van der Waals surface area contributed by atoms with Gasteiger partial charge in [-0.05, 0) is 25.1 Å². The Kier molecular flexibility index (Phi) is 2.84. The zero-order valence-electron chi connectivity index (χ0n) is 9.70. The number of nitrogens with zero attached hydrogens (tertiary/aromatic N) is 1. The van der Waals surface area contributed by atoms with Crippen molar-refractivity contribution in [1.29, 1.82) is 0 Å². The van der Waals surface area contributed by atoms with Gasteiger partial charge in [0.05, 0.1) is 12.1 Å². The van der Waals surface area contributed by atoms with Crippen molar-refractivity contribution >= 4 is 17.6 Å². The van der Waals surface area contributed by atoms with Crippen molar-refractivity contribution < 1.29 is 24.9 Å². The van der Waals surface area contributed by atoms with E-state index in [-0.39, 0.29) is 12.1 Å². The summed E-state index contributed by atoms with van der Waals surface area (Å²) in [6.45, 7) is 1.28. The number of carboxylic acid groups (broad SMARTS) is 1. The minimum absolute atomic E-state index is 0.0429. The number of aliphatic hydroxyl groups is 2. The summed E-state index contributed by atoms with van der Waals surface area (Å²) in [5, 5.41) is 28.3. The Morgan fingerprint density at radius 2 is 2.17 bits per heavy atom. The van der Waals surface area contributed by atoms with Gasteiger partial charge in [0.1, 0.15) is 5.60 Å². The molecular formula is C12H13NO5. The van der Waals surface area contributed by atoms with E-state index in [1.165, 1.54) is 30.0 Å². The van der Waals surface area contributed by atoms with Gasteiger partial charge in [-0.2, -0.15) is 0 Å². The molecule has 1 aliphatic heterocycles. The SMILES string of the molecule is C[C@]1(O)CN(c2cccc(C(=O)O)c2)C(=O)[C@H]1O. The van der Waals surface area contributed by atoms with Crippen molar-refractivity contribution in [3.63, 3.8) is 0 Å². The standard InChI is InChI=1S/C12H13NO5/c1-12(18)6-13(10(15)9(12)14)8-4-2-3-7(5-8)11(16)17/h2-5,9,14,18H,6H2,1H3,(H,16,17)/t9-,12+/m1/s1. The van der Waals surface area contributed by atoms with Gasteiger partial charge >= 0.3 is 5.97 Å². The molecule has 1 aliphatic rings. The molecular weight excluding hydrogens is 238 g/mol. The second kappa shape index (κ2) is 4.08. The summed E-state index contributed by atoms with van der Waals surface area (Å²) in [6.07, 6.45) is -1.49. The van der Waals surface area contributed by atoms with E-state index in [1.54, 1.807) is 6.07 Å². The van der Waals surface area contributed by atoms with E-state index in [2.05, 4.69) is 0 Å². The molecule has 0 aliphatic carbocycles. The summed E-state index contributed by atoms with van der Waals surface area (Å²) in [5.41, 5.74) is -1.14. The molecule has 2 atom stereocenters. The fourth-order valence-corrected chi connectivity index (χ4v) is 1.92. The van der Waals surface area contributed by atoms with E-state index in [0.717, 1.165) is 0 Å². The topological polar surface area (TPSA) is 98.1 Å². The summed E-state index contributed by atoms with van der Waals surface area (Å²) >= 11 is 0. The fourth-order valence-electron chi connectivity index (χ4n) is 1.92. The van der Waals surface area contributed by atoms with Gasteiger partial charge in [-0.25, -0.2) is 4.79 Å². The van der Waals surface area contributed by atoms with Crippen molar-refractivity contribution in [2.24, 2.45) is 0 Å². The number of carbonyl (C=O) groups is 2. The van der Waals surface area contributed by atoms with E-state index < -0.39 is 23.6 Å². The van der Waals surface area contributed by atoms with Crippen LogP contribution in [0.2, 0.25) is 0 Å². The predicted octanol–water partition coefficient (Wildman–Crippen LogP) is -0.157. The van der Waals surface area contributed by atoms with Crippen LogP contribution < -0.4 is 4.90 Å². The number of aliphatic hydroxyl groups excluding tert-OH is 1. The maximum absolute atomic E-state index is 11.8. The molecule has 1 heterocycles. The lowest BCUT2D eigenvalue weighted by Gasteiger charge is -2.19. The number of rotatable bonds is 2. The first-order valence-electron chi connectivity index (χ1n) is 5.38. The van der Waals surface area contributed by atoms with Gasteiger partial charge in [-0.3, -0.25) is 4.79 Å². The average Bonchev–Trinajstić information content (AvgIpc) is 2.53. The molecule has 0 spiro atoms. The van der Waals surface area contributed by atoms with E-state index in [1.807, 2.05) is 0 Å². The summed E-state index contributed by atoms with van der Waals surface area (Å²) in [6, 6.07) is 5.79. The maximum Gasteiger partial charge on any atom is 0.335 e. The number of hydrogen-bond acceptors (Lipinski definition) is 4. The molecule has 2 rings (SSSR count). The van der Waals surface area contributed by atoms with Gasteiger partial charge in [0.25, 0.3) is 5.91 Å². The highest BCUT2D eigenvalue weighted by atomic mass is 16.4. The molecule has 1 saturated heterocycles. The Bertz CT molecular complexity index is 511. The quantitative estimate of drug-likeness (QED) is 0.678. The van der Waals surface area contributed by atoms with Gasteiger partial charge < -0.3 is 20.2 Å². The second-order valence-corrected chi connectivity index (χ2v) is 4.54. The molecule has 0 saturated carbocycles. The molecule has 18 heavy (non-hydrogen) atoms. The third-order valence-electron chi connectivity index (χ3n) is 2.97. The minimum Gasteiger partial charge on any atom is -0.478 e. The molecule has 96 valence electrons. The second-order valence-electron chi connectivity index (χ2n) is 4.54. The Hall–Kier alpha value is -1.92. The zero-order chi connectivity index (χ0) is 13.5. The average molecular weight is 251 g/mol. The number of hydrogen-bond donors (Lipinski definition) is 3. The monoisotopic (exact) mass is 251 g/mol. The molecule has 0 bridgehead atoms. The van der Waals surface area contributed by atoms with Crippen LogP contribution in [-0.2, 0) is 4.79 Å². The lowest BCUT2D eigenvalue weighted by Crippen LogP contribution is -2.39. The van der Waals surface area contributed by atoms with E-state index >= 15 is 0 Å². The van der Waals surface area contributed by atoms with E-state index in [9.17, 15) is 19.8 Å². The summed E-state index contributed by atoms with van der Waals surface area (Å²) in [5.74, 6) is -1.74. The van der Waals surface area contributed by atoms with Crippen molar-refractivity contribution in [3.05, 3.63) is 29.8 Å². The molecule has 6 heteroatoms. The highest BCUT2D eigenvalue weighted by Gasteiger charge is 2.47. The Morgan fingerprint density at radius 3 is 2.67 bits per heavy atom. The molecule has 1 fully saturated rings. The lowest BCUT2D eigenvalue weighted by molar-refractivity contribution is -0.130. The molecule has 0 radical (unpaired) electrons. The minimum atomic E-state index is -1.53. The molecule has 6 nitrogen and oxygen atoms in total. The third kappa shape index (κ3) is 1.96. The maximum atomic E-state index is 11.8. The van der Waals surface area contributed by atoms with Gasteiger partial charge in [-0.1, -0.05) is 6.07 Å². The first-order chi connectivity index (χ1) is 8.33. The zero-order valence-corrected chi connectivity index (χ0v) is 9.70. The van der Waals surface area contributed by atoms with Crippen LogP contribution in [0.1, 0.15) is 17.3 Å². The highest BCUT2D eigenvalue weighted by molar-refractivity contribution is 6.01. The van der Waals surface area contributed by atoms with Gasteiger partial charge in [0.2, 0.25) is 0 Å². The number of amides is 1. The predicted molar refractivity (Wildman–Crippen MR) is 62.4 cm³/mol. The van der Waals surface area contributed by atoms with Crippen LogP contribution in [0.5, 0.6) is 0 Å². The van der Waals surface area contributed by atoms with Crippen LogP contribution >= 0.6 is 0 Å². The number of benzene rings is 1. The van der Waals surface area contributed by atoms with Crippen LogP contribution in [0.3, 0.4) is 0 Å². The molecule has 0 aromatic heterocycles. The first-order valence-corrected chi connectivity index (χ1v) is 5.38. The fraction of sp³-hybridized carbons (Fsp3) is 0.333. The molecule has 1 aromatic rings. The van der Waals surface area contributed by atoms with E-state index in [0.29, 0.717) is 5.69 Å². The highest BCUT2D eigenvalue weighted by Crippen LogP contribution is 2.28. The van der Waals surface area contributed by atoms with Crippen molar-refractivity contribution in [1.82, 2.24) is 0 Å². The number of β-amino-alcohol motifs (C(OH)–C–C–N with tert-alkyl or cyclic N) is 1. The summed E-state index contributed by atoms with van der Waals surface area (Å²) in [7, 11) is 0. The third-order valence-corrected chi connectivity index (χ3v) is 2.97. The molecule has 1 aromatic carbocycles. The van der Waals surface area contributed by atoms with Gasteiger partial charge in [0.15, 0.2) is 6.10 Å². The van der Waals surface area contributed by atoms with Crippen molar-refractivity contribution in [2.45, 2.75) is 18.6 Å². The van der Waals surface area contributed by atoms with Crippen LogP contribution in [0.25, 0.3) is 0 Å². The number of aromatic carboxylic acids is 1. The Morgan fingerprint density at radius 1 is 1.50 bits per heavy atom. The molecule has 1 amide bonds.